The fraction of sp³-hybridized carbons (Fsp3) is 0.619. The molecule has 25 heavy (non-hydrogen) atoms. The van der Waals surface area contributed by atoms with Crippen LogP contribution < -0.4 is 9.47 Å². The largest absolute Gasteiger partial charge is 0.493 e. The highest BCUT2D eigenvalue weighted by Gasteiger charge is 2.64. The Morgan fingerprint density at radius 2 is 2.20 bits per heavy atom. The van der Waals surface area contributed by atoms with E-state index in [1.165, 1.54) is 30.5 Å². The topological polar surface area (TPSA) is 41.9 Å². The van der Waals surface area contributed by atoms with Crippen LogP contribution in [0.25, 0.3) is 0 Å². The van der Waals surface area contributed by atoms with Crippen LogP contribution in [0.2, 0.25) is 0 Å². The van der Waals surface area contributed by atoms with Crippen LogP contribution in [-0.4, -0.2) is 48.5 Å². The Morgan fingerprint density at radius 1 is 1.32 bits per heavy atom. The van der Waals surface area contributed by atoms with E-state index in [2.05, 4.69) is 17.0 Å². The number of aliphatic hydroxyl groups is 1. The molecule has 0 radical (unpaired) electrons. The Morgan fingerprint density at radius 3 is 3.00 bits per heavy atom. The van der Waals surface area contributed by atoms with Gasteiger partial charge in [0.05, 0.1) is 7.11 Å². The summed E-state index contributed by atoms with van der Waals surface area (Å²) in [7, 11) is 1.71. The van der Waals surface area contributed by atoms with Gasteiger partial charge in [0.1, 0.15) is 12.2 Å². The van der Waals surface area contributed by atoms with E-state index in [-0.39, 0.29) is 11.5 Å². The number of benzene rings is 1. The summed E-state index contributed by atoms with van der Waals surface area (Å²) in [6.07, 6.45) is 8.53. The molecule has 5 aliphatic rings. The molecule has 6 rings (SSSR count). The summed E-state index contributed by atoms with van der Waals surface area (Å²) in [4.78, 5) is 2.73. The predicted molar refractivity (Wildman–Crippen MR) is 94.1 cm³/mol. The van der Waals surface area contributed by atoms with Crippen LogP contribution in [0, 0.1) is 11.8 Å². The van der Waals surface area contributed by atoms with Gasteiger partial charge >= 0.3 is 0 Å². The van der Waals surface area contributed by atoms with Gasteiger partial charge in [-0.05, 0) is 49.8 Å². The van der Waals surface area contributed by atoms with Crippen molar-refractivity contribution in [2.45, 2.75) is 49.3 Å². The van der Waals surface area contributed by atoms with Gasteiger partial charge in [-0.3, -0.25) is 4.90 Å². The highest BCUT2D eigenvalue weighted by Crippen LogP contribution is 2.62. The summed E-state index contributed by atoms with van der Waals surface area (Å²) in [5, 5.41) is 10.7. The third-order valence-electron chi connectivity index (χ3n) is 7.38. The van der Waals surface area contributed by atoms with Crippen molar-refractivity contribution >= 4 is 0 Å². The molecular formula is C21H25NO3. The number of aliphatic hydroxyl groups excluding tert-OH is 1. The SMILES string of the molecule is COc1ccc2c3c1O[C@H]1[C@H](O)C=C[C@H]4[C@@H](C2)N(CC2CC2)CC[C@@]341. The standard InChI is InChI=1S/C21H25NO3/c1-24-17-7-4-13-10-15-14-5-6-16(23)20-21(14,18(13)19(17)25-20)8-9-22(15)11-12-2-3-12/h4-7,12,14-16,20,23H,2-3,8-11H2,1H3/t14-,15+,16+,20-,21-/m0/s1. The van der Waals surface area contributed by atoms with Gasteiger partial charge in [0.15, 0.2) is 11.5 Å². The minimum absolute atomic E-state index is 0.0731. The molecule has 2 bridgehead atoms. The first-order valence-electron chi connectivity index (χ1n) is 9.70. The van der Waals surface area contributed by atoms with Crippen molar-refractivity contribution in [2.75, 3.05) is 20.2 Å². The molecule has 3 aliphatic carbocycles. The van der Waals surface area contributed by atoms with Gasteiger partial charge in [-0.1, -0.05) is 18.2 Å². The quantitative estimate of drug-likeness (QED) is 0.858. The lowest BCUT2D eigenvalue weighted by molar-refractivity contribution is -0.0525. The number of hydrogen-bond acceptors (Lipinski definition) is 4. The van der Waals surface area contributed by atoms with Crippen molar-refractivity contribution in [3.8, 4) is 11.5 Å². The van der Waals surface area contributed by atoms with E-state index in [1.807, 2.05) is 12.1 Å². The Hall–Kier alpha value is -1.52. The molecule has 132 valence electrons. The van der Waals surface area contributed by atoms with Gasteiger partial charge < -0.3 is 14.6 Å². The molecule has 1 aromatic rings. The molecular weight excluding hydrogens is 314 g/mol. The maximum Gasteiger partial charge on any atom is 0.165 e. The van der Waals surface area contributed by atoms with Crippen molar-refractivity contribution in [1.29, 1.82) is 0 Å². The van der Waals surface area contributed by atoms with Crippen molar-refractivity contribution in [3.05, 3.63) is 35.4 Å². The molecule has 4 nitrogen and oxygen atoms in total. The van der Waals surface area contributed by atoms with E-state index in [0.717, 1.165) is 36.8 Å². The van der Waals surface area contributed by atoms with Crippen LogP contribution in [0.4, 0.5) is 0 Å². The monoisotopic (exact) mass is 339 g/mol. The zero-order chi connectivity index (χ0) is 16.8. The lowest BCUT2D eigenvalue weighted by Crippen LogP contribution is -2.65. The third-order valence-corrected chi connectivity index (χ3v) is 7.38. The Kier molecular flexibility index (Phi) is 2.81. The van der Waals surface area contributed by atoms with E-state index >= 15 is 0 Å². The van der Waals surface area contributed by atoms with Crippen molar-refractivity contribution in [2.24, 2.45) is 11.8 Å². The Bertz CT molecular complexity index is 771. The number of nitrogens with zero attached hydrogens (tertiary/aromatic N) is 1. The van der Waals surface area contributed by atoms with Gasteiger partial charge in [0.2, 0.25) is 0 Å². The minimum atomic E-state index is -0.532. The van der Waals surface area contributed by atoms with Crippen LogP contribution >= 0.6 is 0 Å². The van der Waals surface area contributed by atoms with Crippen LogP contribution in [0.1, 0.15) is 30.4 Å². The predicted octanol–water partition coefficient (Wildman–Crippen LogP) is 2.28. The molecule has 0 aromatic heterocycles. The van der Waals surface area contributed by atoms with Crippen molar-refractivity contribution in [3.63, 3.8) is 0 Å². The molecule has 1 N–H and O–H groups in total. The second-order valence-electron chi connectivity index (χ2n) is 8.57. The molecule has 2 heterocycles. The summed E-state index contributed by atoms with van der Waals surface area (Å²) >= 11 is 0. The van der Waals surface area contributed by atoms with E-state index < -0.39 is 6.10 Å². The number of likely N-dealkylation sites (tertiary alicyclic amines) is 1. The zero-order valence-electron chi connectivity index (χ0n) is 14.6. The molecule has 4 heteroatoms. The molecule has 2 aliphatic heterocycles. The molecule has 2 fully saturated rings. The van der Waals surface area contributed by atoms with Gasteiger partial charge in [-0.25, -0.2) is 0 Å². The van der Waals surface area contributed by atoms with Crippen LogP contribution in [-0.2, 0) is 11.8 Å². The number of piperidine rings is 1. The van der Waals surface area contributed by atoms with Crippen molar-refractivity contribution in [1.82, 2.24) is 4.90 Å². The fourth-order valence-corrected chi connectivity index (χ4v) is 6.14. The van der Waals surface area contributed by atoms with Gasteiger partial charge in [-0.15, -0.1) is 0 Å². The lowest BCUT2D eigenvalue weighted by atomic mass is 9.53. The Labute approximate surface area is 148 Å². The molecule has 0 amide bonds. The molecule has 1 aromatic carbocycles. The minimum Gasteiger partial charge on any atom is -0.493 e. The van der Waals surface area contributed by atoms with Crippen LogP contribution in [0.15, 0.2) is 24.3 Å². The normalized spacial score (nSPS) is 40.6. The molecule has 1 spiro atoms. The summed E-state index contributed by atoms with van der Waals surface area (Å²) in [5.41, 5.74) is 2.67. The lowest BCUT2D eigenvalue weighted by Gasteiger charge is -2.57. The van der Waals surface area contributed by atoms with Crippen LogP contribution in [0.5, 0.6) is 11.5 Å². The molecule has 5 atom stereocenters. The number of ether oxygens (including phenoxy) is 2. The number of rotatable bonds is 3. The van der Waals surface area contributed by atoms with E-state index in [0.29, 0.717) is 12.0 Å². The zero-order valence-corrected chi connectivity index (χ0v) is 14.6. The maximum absolute atomic E-state index is 10.7. The molecule has 1 saturated carbocycles. The summed E-state index contributed by atoms with van der Waals surface area (Å²) in [6.45, 7) is 2.37. The second-order valence-corrected chi connectivity index (χ2v) is 8.57. The third kappa shape index (κ3) is 1.75. The average molecular weight is 339 g/mol. The summed E-state index contributed by atoms with van der Waals surface area (Å²) in [5.74, 6) is 3.06. The highest BCUT2D eigenvalue weighted by atomic mass is 16.5. The summed E-state index contributed by atoms with van der Waals surface area (Å²) < 4.78 is 12.0. The number of hydrogen-bond donors (Lipinski definition) is 1. The molecule has 0 unspecified atom stereocenters. The maximum atomic E-state index is 10.7. The van der Waals surface area contributed by atoms with E-state index in [1.54, 1.807) is 7.11 Å². The van der Waals surface area contributed by atoms with Gasteiger partial charge in [0.25, 0.3) is 0 Å². The van der Waals surface area contributed by atoms with Crippen LogP contribution in [0.3, 0.4) is 0 Å². The van der Waals surface area contributed by atoms with E-state index in [4.69, 9.17) is 9.47 Å². The van der Waals surface area contributed by atoms with Crippen molar-refractivity contribution < 1.29 is 14.6 Å². The average Bonchev–Trinajstić information content (AvgIpc) is 3.36. The number of methoxy groups -OCH3 is 1. The Balaban J connectivity index is 1.54. The van der Waals surface area contributed by atoms with Gasteiger partial charge in [0, 0.05) is 29.5 Å². The second kappa shape index (κ2) is 4.80. The van der Waals surface area contributed by atoms with Gasteiger partial charge in [-0.2, -0.15) is 0 Å². The highest BCUT2D eigenvalue weighted by molar-refractivity contribution is 5.62. The first-order chi connectivity index (χ1) is 12.2. The molecule has 1 saturated heterocycles. The summed E-state index contributed by atoms with van der Waals surface area (Å²) in [6, 6.07) is 4.82. The van der Waals surface area contributed by atoms with E-state index in [9.17, 15) is 5.11 Å². The first kappa shape index (κ1) is 14.6. The first-order valence-corrected chi connectivity index (χ1v) is 9.70. The fourth-order valence-electron chi connectivity index (χ4n) is 6.14. The smallest absolute Gasteiger partial charge is 0.165 e.